The first kappa shape index (κ1) is 63.0. The average Bonchev–Trinajstić information content (AvgIpc) is 1.61. The van der Waals surface area contributed by atoms with Crippen molar-refractivity contribution in [3.8, 4) is 0 Å². The molecule has 5 aliphatic rings. The van der Waals surface area contributed by atoms with Crippen molar-refractivity contribution < 1.29 is 0 Å². The number of halogens is 3. The Morgan fingerprint density at radius 3 is 1.38 bits per heavy atom. The van der Waals surface area contributed by atoms with E-state index in [-0.39, 0.29) is 0 Å². The average molecular weight is 1340 g/mol. The minimum atomic E-state index is 0.523. The number of nitrogens with zero attached hydrogens (tertiary/aromatic N) is 5. The number of hydrogen-bond acceptors (Lipinski definition) is 3. The zero-order valence-electron chi connectivity index (χ0n) is 55.9. The molecular weight excluding hydrogens is 1260 g/mol. The molecule has 14 aromatic rings. The highest BCUT2D eigenvalue weighted by Crippen LogP contribution is 2.47. The van der Waals surface area contributed by atoms with Crippen LogP contribution in [0.25, 0.3) is 65.0 Å². The fraction of sp³-hybridized carbons (Fsp3) is 0.258. The van der Waals surface area contributed by atoms with Gasteiger partial charge in [0.1, 0.15) is 0 Å². The standard InChI is InChI=1S/C32H29ClN2.C31H29ClN2.C26H25ClN2/c33-26-12-13-27-29(21-35(31(27)19-26)20-22-6-2-1-3-7-22)23-14-16-34(17-15-23)30-18-25-10-4-8-24-9-5-11-28(30)32(24)25;32-27-13-14-29-30(22-34(31(29)19-27)20-23-7-2-1-3-8-23)25-15-17-33(18-16-25)21-26-11-6-10-24-9-4-5-12-28(24)26;1-16-25(22-15-20(27)8-9-23(22)28-16)18-10-12-29(13-11-18)24-14-19-6-2-4-17-5-3-7-21(24)26(17)19/h1-13,19,21,23,30H,14-18,20H2;1-14,19,22,25H,15-18,20-21H2;2-9,15,18,24,28H,10-14H2,1H3. The highest BCUT2D eigenvalue weighted by atomic mass is 35.5. The lowest BCUT2D eigenvalue weighted by Gasteiger charge is -2.36. The van der Waals surface area contributed by atoms with Crippen LogP contribution in [0.2, 0.25) is 15.1 Å². The summed E-state index contributed by atoms with van der Waals surface area (Å²) in [6.45, 7) is 11.9. The van der Waals surface area contributed by atoms with Gasteiger partial charge in [-0.1, -0.05) is 223 Å². The number of piperidine rings is 3. The van der Waals surface area contributed by atoms with Crippen molar-refractivity contribution in [2.45, 2.75) is 108 Å². The summed E-state index contributed by atoms with van der Waals surface area (Å²) in [4.78, 5) is 11.7. The molecule has 2 unspecified atom stereocenters. The molecule has 2 atom stereocenters. The molecule has 6 nitrogen and oxygen atoms in total. The number of nitrogens with one attached hydrogen (secondary N) is 1. The predicted molar refractivity (Wildman–Crippen MR) is 412 cm³/mol. The molecule has 0 amide bonds. The smallest absolute Gasteiger partial charge is 0.0501 e. The summed E-state index contributed by atoms with van der Waals surface area (Å²) in [5.74, 6) is 1.79. The third-order valence-electron chi connectivity index (χ3n) is 22.8. The molecule has 0 saturated carbocycles. The van der Waals surface area contributed by atoms with E-state index < -0.39 is 0 Å². The fourth-order valence-corrected chi connectivity index (χ4v) is 18.6. The van der Waals surface area contributed by atoms with Crippen LogP contribution < -0.4 is 0 Å². The molecule has 2 aliphatic carbocycles. The van der Waals surface area contributed by atoms with Crippen LogP contribution in [0.15, 0.2) is 243 Å². The summed E-state index contributed by atoms with van der Waals surface area (Å²) in [6, 6.07) is 84.2. The molecule has 490 valence electrons. The Labute approximate surface area is 591 Å². The normalized spacial score (nSPS) is 17.9. The minimum Gasteiger partial charge on any atom is -0.358 e. The molecular formula is C89H83Cl3N6. The van der Waals surface area contributed by atoms with Crippen LogP contribution in [0, 0.1) is 6.92 Å². The zero-order valence-corrected chi connectivity index (χ0v) is 58.1. The second-order valence-corrected chi connectivity index (χ2v) is 29.9. The second-order valence-electron chi connectivity index (χ2n) is 28.5. The Kier molecular flexibility index (Phi) is 17.6. The van der Waals surface area contributed by atoms with Gasteiger partial charge in [0.2, 0.25) is 0 Å². The largest absolute Gasteiger partial charge is 0.358 e. The van der Waals surface area contributed by atoms with E-state index in [0.717, 1.165) is 86.8 Å². The quantitative estimate of drug-likeness (QED) is 0.140. The summed E-state index contributed by atoms with van der Waals surface area (Å²) < 4.78 is 4.78. The Morgan fingerprint density at radius 1 is 0.378 bits per heavy atom. The molecule has 9 heteroatoms. The molecule has 11 aromatic carbocycles. The Balaban J connectivity index is 0.000000111. The predicted octanol–water partition coefficient (Wildman–Crippen LogP) is 22.6. The summed E-state index contributed by atoms with van der Waals surface area (Å²) in [5.41, 5.74) is 19.6. The van der Waals surface area contributed by atoms with Crippen LogP contribution in [0.4, 0.5) is 0 Å². The maximum atomic E-state index is 6.43. The monoisotopic (exact) mass is 1340 g/mol. The summed E-state index contributed by atoms with van der Waals surface area (Å²) in [6.07, 6.45) is 14.3. The van der Waals surface area contributed by atoms with Gasteiger partial charge in [-0.3, -0.25) is 14.7 Å². The van der Waals surface area contributed by atoms with Gasteiger partial charge in [-0.15, -0.1) is 0 Å². The first-order valence-corrected chi connectivity index (χ1v) is 36.9. The number of fused-ring (bicyclic) bond motifs is 4. The number of rotatable bonds is 11. The molecule has 98 heavy (non-hydrogen) atoms. The van der Waals surface area contributed by atoms with Gasteiger partial charge in [0.05, 0.1) is 11.0 Å². The third kappa shape index (κ3) is 12.5. The van der Waals surface area contributed by atoms with Crippen LogP contribution >= 0.6 is 34.8 Å². The Bertz CT molecular complexity index is 5200. The number of aromatic amines is 1. The number of H-pyrrole nitrogens is 1. The molecule has 3 fully saturated rings. The number of benzene rings is 11. The highest BCUT2D eigenvalue weighted by molar-refractivity contribution is 6.32. The summed E-state index contributed by atoms with van der Waals surface area (Å²) in [7, 11) is 0. The number of hydrogen-bond donors (Lipinski definition) is 1. The van der Waals surface area contributed by atoms with E-state index >= 15 is 0 Å². The van der Waals surface area contributed by atoms with Crippen molar-refractivity contribution in [3.05, 3.63) is 319 Å². The highest BCUT2D eigenvalue weighted by Gasteiger charge is 2.35. The molecule has 3 aromatic heterocycles. The van der Waals surface area contributed by atoms with E-state index in [1.54, 1.807) is 0 Å². The SMILES string of the molecule is Cc1[nH]c2ccc(Cl)cc2c1C1CCN(C2Cc3cccc4cccc2c34)CC1.Clc1ccc2c(C3CCN(C4Cc5cccc6cccc4c56)CC3)cn(Cc3ccccc3)c2c1.Clc1ccc2c(C3CCN(Cc4cccc5ccccc45)CC3)cn(Cc3ccccc3)c2c1. The van der Waals surface area contributed by atoms with E-state index in [9.17, 15) is 0 Å². The van der Waals surface area contributed by atoms with Gasteiger partial charge in [-0.25, -0.2) is 0 Å². The zero-order chi connectivity index (χ0) is 65.8. The van der Waals surface area contributed by atoms with E-state index in [1.165, 1.54) is 165 Å². The van der Waals surface area contributed by atoms with Crippen LogP contribution in [-0.2, 0) is 32.5 Å². The minimum absolute atomic E-state index is 0.523. The first-order chi connectivity index (χ1) is 48.2. The second kappa shape index (κ2) is 27.4. The van der Waals surface area contributed by atoms with Crippen LogP contribution in [0.3, 0.4) is 0 Å². The maximum Gasteiger partial charge on any atom is 0.0501 e. The molecule has 3 aliphatic heterocycles. The Morgan fingerprint density at radius 2 is 0.827 bits per heavy atom. The van der Waals surface area contributed by atoms with Gasteiger partial charge >= 0.3 is 0 Å². The van der Waals surface area contributed by atoms with Crippen LogP contribution in [-0.4, -0.2) is 68.1 Å². The maximum absolute atomic E-state index is 6.43. The van der Waals surface area contributed by atoms with Crippen molar-refractivity contribution in [1.29, 1.82) is 0 Å². The van der Waals surface area contributed by atoms with Gasteiger partial charge < -0.3 is 14.1 Å². The van der Waals surface area contributed by atoms with Gasteiger partial charge in [-0.2, -0.15) is 0 Å². The fourth-order valence-electron chi connectivity index (χ4n) is 18.1. The molecule has 6 heterocycles. The van der Waals surface area contributed by atoms with Gasteiger partial charge in [0.15, 0.2) is 0 Å². The van der Waals surface area contributed by atoms with Crippen molar-refractivity contribution in [3.63, 3.8) is 0 Å². The number of aryl methyl sites for hydroxylation is 1. The van der Waals surface area contributed by atoms with E-state index in [2.05, 4.69) is 260 Å². The van der Waals surface area contributed by atoms with Crippen molar-refractivity contribution in [2.75, 3.05) is 39.3 Å². The van der Waals surface area contributed by atoms with Crippen molar-refractivity contribution in [1.82, 2.24) is 28.8 Å². The van der Waals surface area contributed by atoms with Crippen LogP contribution in [0.1, 0.15) is 130 Å². The number of likely N-dealkylation sites (tertiary alicyclic amines) is 3. The van der Waals surface area contributed by atoms with Gasteiger partial charge in [0, 0.05) is 86.5 Å². The molecule has 0 spiro atoms. The van der Waals surface area contributed by atoms with Gasteiger partial charge in [0.25, 0.3) is 0 Å². The van der Waals surface area contributed by atoms with Gasteiger partial charge in [-0.05, 0) is 246 Å². The molecule has 19 rings (SSSR count). The third-order valence-corrected chi connectivity index (χ3v) is 23.5. The summed E-state index contributed by atoms with van der Waals surface area (Å²) >= 11 is 19.1. The lowest BCUT2D eigenvalue weighted by Crippen LogP contribution is -2.36. The first-order valence-electron chi connectivity index (χ1n) is 35.8. The lowest BCUT2D eigenvalue weighted by atomic mass is 9.86. The lowest BCUT2D eigenvalue weighted by molar-refractivity contribution is 0.155. The molecule has 1 N–H and O–H groups in total. The van der Waals surface area contributed by atoms with Crippen LogP contribution in [0.5, 0.6) is 0 Å². The molecule has 0 radical (unpaired) electrons. The van der Waals surface area contributed by atoms with E-state index in [0.29, 0.717) is 29.8 Å². The van der Waals surface area contributed by atoms with E-state index in [1.807, 2.05) is 18.2 Å². The number of aromatic nitrogens is 3. The Hall–Kier alpha value is -8.43. The van der Waals surface area contributed by atoms with E-state index in [4.69, 9.17) is 34.8 Å². The molecule has 3 saturated heterocycles. The topological polar surface area (TPSA) is 35.4 Å². The van der Waals surface area contributed by atoms with Crippen molar-refractivity contribution in [2.24, 2.45) is 0 Å². The van der Waals surface area contributed by atoms with Crippen molar-refractivity contribution >= 4 is 99.8 Å². The molecule has 0 bridgehead atoms. The summed E-state index contributed by atoms with van der Waals surface area (Å²) in [5, 5.41) is 15.0.